The molecule has 0 saturated carbocycles. The molecule has 0 aromatic heterocycles. The number of hydrogen-bond acceptors (Lipinski definition) is 5. The van der Waals surface area contributed by atoms with Crippen LogP contribution in [0.2, 0.25) is 0 Å². The van der Waals surface area contributed by atoms with Gasteiger partial charge in [-0.1, -0.05) is 19.1 Å². The van der Waals surface area contributed by atoms with E-state index >= 15 is 0 Å². The molecule has 1 saturated heterocycles. The Hall–Kier alpha value is -1.14. The van der Waals surface area contributed by atoms with Crippen molar-refractivity contribution in [1.82, 2.24) is 0 Å². The molecule has 2 rings (SSSR count). The molecule has 1 aliphatic rings. The van der Waals surface area contributed by atoms with Crippen LogP contribution >= 0.6 is 0 Å². The molecule has 1 aliphatic heterocycles. The molecular weight excluding hydrogens is 260 g/mol. The summed E-state index contributed by atoms with van der Waals surface area (Å²) in [5.74, 6) is 0.813. The molecule has 0 spiro atoms. The third-order valence-electron chi connectivity index (χ3n) is 3.51. The van der Waals surface area contributed by atoms with E-state index in [4.69, 9.17) is 23.7 Å². The second-order valence-electron chi connectivity index (χ2n) is 5.18. The first-order valence-corrected chi connectivity index (χ1v) is 6.55. The Morgan fingerprint density at radius 3 is 2.05 bits per heavy atom. The molecule has 0 amide bonds. The molecule has 20 heavy (non-hydrogen) atoms. The molecule has 112 valence electrons. The lowest BCUT2D eigenvalue weighted by molar-refractivity contribution is -0.288. The minimum absolute atomic E-state index is 0.313. The van der Waals surface area contributed by atoms with Crippen molar-refractivity contribution in [3.05, 3.63) is 29.8 Å². The number of benzene rings is 1. The van der Waals surface area contributed by atoms with Crippen LogP contribution in [0.5, 0.6) is 5.75 Å². The summed E-state index contributed by atoms with van der Waals surface area (Å²) in [5.41, 5.74) is 0.658. The third-order valence-corrected chi connectivity index (χ3v) is 3.51. The van der Waals surface area contributed by atoms with Crippen molar-refractivity contribution >= 4 is 0 Å². The standard InChI is InChI=1S/C15H22O5/c1-15(14(17-3)18-4)9-19-13(20-10-15)11-5-7-12(16-2)8-6-11/h5-8,13-14H,9-10H2,1-4H3. The maximum absolute atomic E-state index is 5.81. The first kappa shape index (κ1) is 15.3. The van der Waals surface area contributed by atoms with Gasteiger partial charge in [0.25, 0.3) is 0 Å². The van der Waals surface area contributed by atoms with Gasteiger partial charge < -0.3 is 23.7 Å². The van der Waals surface area contributed by atoms with E-state index in [9.17, 15) is 0 Å². The first-order chi connectivity index (χ1) is 9.62. The molecule has 0 atom stereocenters. The molecule has 5 heteroatoms. The smallest absolute Gasteiger partial charge is 0.183 e. The molecule has 5 nitrogen and oxygen atoms in total. The number of methoxy groups -OCH3 is 3. The zero-order valence-electron chi connectivity index (χ0n) is 12.4. The lowest BCUT2D eigenvalue weighted by Gasteiger charge is -2.40. The monoisotopic (exact) mass is 282 g/mol. The summed E-state index contributed by atoms with van der Waals surface area (Å²) in [5, 5.41) is 0. The molecular formula is C15H22O5. The fraction of sp³-hybridized carbons (Fsp3) is 0.600. The van der Waals surface area contributed by atoms with E-state index in [1.807, 2.05) is 31.2 Å². The van der Waals surface area contributed by atoms with E-state index in [1.165, 1.54) is 0 Å². The van der Waals surface area contributed by atoms with Gasteiger partial charge >= 0.3 is 0 Å². The van der Waals surface area contributed by atoms with Gasteiger partial charge in [-0.05, 0) is 12.1 Å². The summed E-state index contributed by atoms with van der Waals surface area (Å²) in [6.07, 6.45) is -0.706. The third kappa shape index (κ3) is 3.12. The Balaban J connectivity index is 1.99. The second-order valence-corrected chi connectivity index (χ2v) is 5.18. The number of ether oxygens (including phenoxy) is 5. The molecule has 1 aromatic rings. The van der Waals surface area contributed by atoms with Crippen molar-refractivity contribution in [2.24, 2.45) is 5.41 Å². The summed E-state index contributed by atoms with van der Waals surface area (Å²) in [7, 11) is 4.88. The summed E-state index contributed by atoms with van der Waals surface area (Å²) in [6, 6.07) is 7.67. The maximum atomic E-state index is 5.81. The maximum Gasteiger partial charge on any atom is 0.183 e. The van der Waals surface area contributed by atoms with Crippen LogP contribution in [0.25, 0.3) is 0 Å². The fourth-order valence-corrected chi connectivity index (χ4v) is 2.38. The Morgan fingerprint density at radius 1 is 1.05 bits per heavy atom. The van der Waals surface area contributed by atoms with E-state index in [1.54, 1.807) is 21.3 Å². The SMILES string of the molecule is COc1ccc(C2OCC(C)(C(OC)OC)CO2)cc1. The van der Waals surface area contributed by atoms with Crippen LogP contribution in [-0.4, -0.2) is 40.8 Å². The zero-order chi connectivity index (χ0) is 14.6. The average Bonchev–Trinajstić information content (AvgIpc) is 2.49. The molecule has 1 heterocycles. The van der Waals surface area contributed by atoms with Crippen LogP contribution < -0.4 is 4.74 Å². The summed E-state index contributed by atoms with van der Waals surface area (Å²) < 4.78 is 27.4. The summed E-state index contributed by atoms with van der Waals surface area (Å²) in [6.45, 7) is 3.04. The molecule has 1 aromatic carbocycles. The normalized spacial score (nSPS) is 26.8. The Morgan fingerprint density at radius 2 is 1.60 bits per heavy atom. The molecule has 0 unspecified atom stereocenters. The largest absolute Gasteiger partial charge is 0.497 e. The van der Waals surface area contributed by atoms with E-state index in [2.05, 4.69) is 0 Å². The summed E-state index contributed by atoms with van der Waals surface area (Å²) >= 11 is 0. The van der Waals surface area contributed by atoms with Gasteiger partial charge in [0.1, 0.15) is 5.75 Å². The van der Waals surface area contributed by atoms with Crippen LogP contribution in [0.3, 0.4) is 0 Å². The predicted octanol–water partition coefficient (Wildman–Crippen LogP) is 2.37. The molecule has 0 bridgehead atoms. The zero-order valence-corrected chi connectivity index (χ0v) is 12.4. The van der Waals surface area contributed by atoms with Gasteiger partial charge in [-0.25, -0.2) is 0 Å². The van der Waals surface area contributed by atoms with Gasteiger partial charge in [0.15, 0.2) is 12.6 Å². The highest BCUT2D eigenvalue weighted by molar-refractivity contribution is 5.27. The highest BCUT2D eigenvalue weighted by Gasteiger charge is 2.40. The van der Waals surface area contributed by atoms with Crippen LogP contribution in [0.4, 0.5) is 0 Å². The molecule has 1 fully saturated rings. The predicted molar refractivity (Wildman–Crippen MR) is 73.6 cm³/mol. The van der Waals surface area contributed by atoms with Crippen molar-refractivity contribution in [1.29, 1.82) is 0 Å². The highest BCUT2D eigenvalue weighted by Crippen LogP contribution is 2.35. The van der Waals surface area contributed by atoms with Gasteiger partial charge in [-0.2, -0.15) is 0 Å². The average molecular weight is 282 g/mol. The van der Waals surface area contributed by atoms with E-state index in [-0.39, 0.29) is 18.0 Å². The van der Waals surface area contributed by atoms with Gasteiger partial charge in [0.2, 0.25) is 0 Å². The number of hydrogen-bond donors (Lipinski definition) is 0. The van der Waals surface area contributed by atoms with Crippen molar-refractivity contribution in [2.75, 3.05) is 34.5 Å². The number of rotatable bonds is 5. The van der Waals surface area contributed by atoms with Crippen LogP contribution in [-0.2, 0) is 18.9 Å². The molecule has 0 radical (unpaired) electrons. The Kier molecular flexibility index (Phi) is 4.99. The minimum atomic E-state index is -0.358. The van der Waals surface area contributed by atoms with E-state index in [0.717, 1.165) is 11.3 Å². The van der Waals surface area contributed by atoms with Gasteiger partial charge in [-0.3, -0.25) is 0 Å². The Labute approximate surface area is 119 Å². The molecule has 0 aliphatic carbocycles. The fourth-order valence-electron chi connectivity index (χ4n) is 2.38. The van der Waals surface area contributed by atoms with Crippen molar-refractivity contribution in [3.63, 3.8) is 0 Å². The highest BCUT2D eigenvalue weighted by atomic mass is 16.7. The lowest BCUT2D eigenvalue weighted by Crippen LogP contribution is -2.46. The lowest BCUT2D eigenvalue weighted by atomic mass is 9.91. The topological polar surface area (TPSA) is 46.2 Å². The van der Waals surface area contributed by atoms with Crippen molar-refractivity contribution < 1.29 is 23.7 Å². The minimum Gasteiger partial charge on any atom is -0.497 e. The Bertz CT molecular complexity index is 405. The van der Waals surface area contributed by atoms with Crippen LogP contribution in [0, 0.1) is 5.41 Å². The van der Waals surface area contributed by atoms with Crippen molar-refractivity contribution in [2.45, 2.75) is 19.5 Å². The van der Waals surface area contributed by atoms with E-state index < -0.39 is 0 Å². The van der Waals surface area contributed by atoms with Crippen LogP contribution in [0.15, 0.2) is 24.3 Å². The van der Waals surface area contributed by atoms with Gasteiger partial charge in [0.05, 0.1) is 25.7 Å². The van der Waals surface area contributed by atoms with Crippen LogP contribution in [0.1, 0.15) is 18.8 Å². The second kappa shape index (κ2) is 6.54. The first-order valence-electron chi connectivity index (χ1n) is 6.55. The summed E-state index contributed by atoms with van der Waals surface area (Å²) in [4.78, 5) is 0. The molecule has 0 N–H and O–H groups in total. The van der Waals surface area contributed by atoms with E-state index in [0.29, 0.717) is 13.2 Å². The van der Waals surface area contributed by atoms with Gasteiger partial charge in [0, 0.05) is 19.8 Å². The van der Waals surface area contributed by atoms with Crippen molar-refractivity contribution in [3.8, 4) is 5.75 Å². The van der Waals surface area contributed by atoms with Gasteiger partial charge in [-0.15, -0.1) is 0 Å². The quantitative estimate of drug-likeness (QED) is 0.776.